The lowest BCUT2D eigenvalue weighted by molar-refractivity contribution is 0.0960. The molecule has 2 heterocycles. The summed E-state index contributed by atoms with van der Waals surface area (Å²) >= 11 is 4.75. The summed E-state index contributed by atoms with van der Waals surface area (Å²) in [7, 11) is 1.59. The minimum atomic E-state index is -0.0524. The van der Waals surface area contributed by atoms with E-state index in [0.717, 1.165) is 23.3 Å². The van der Waals surface area contributed by atoms with E-state index in [1.165, 1.54) is 16.9 Å². The molecule has 106 valence electrons. The SMILES string of the molecule is COc1cc(C(=O)NCC2=CCNCC2)sc1Br.Cl. The molecular formula is C12H16BrClN2O2S. The van der Waals surface area contributed by atoms with Crippen molar-refractivity contribution in [3.05, 3.63) is 26.4 Å². The van der Waals surface area contributed by atoms with Crippen LogP contribution in [0.15, 0.2) is 21.5 Å². The summed E-state index contributed by atoms with van der Waals surface area (Å²) < 4.78 is 5.98. The minimum Gasteiger partial charge on any atom is -0.495 e. The van der Waals surface area contributed by atoms with Crippen LogP contribution in [0.4, 0.5) is 0 Å². The molecule has 1 aromatic rings. The van der Waals surface area contributed by atoms with Gasteiger partial charge in [-0.15, -0.1) is 23.7 Å². The van der Waals surface area contributed by atoms with Gasteiger partial charge in [-0.25, -0.2) is 0 Å². The fourth-order valence-electron chi connectivity index (χ4n) is 1.71. The normalized spacial score (nSPS) is 14.3. The maximum atomic E-state index is 11.9. The molecule has 0 radical (unpaired) electrons. The van der Waals surface area contributed by atoms with Crippen molar-refractivity contribution in [1.82, 2.24) is 10.6 Å². The number of hydrogen-bond donors (Lipinski definition) is 2. The van der Waals surface area contributed by atoms with Gasteiger partial charge in [-0.05, 0) is 28.9 Å². The molecule has 7 heteroatoms. The van der Waals surface area contributed by atoms with E-state index in [-0.39, 0.29) is 18.3 Å². The number of thiophene rings is 1. The van der Waals surface area contributed by atoms with Crippen molar-refractivity contribution in [2.24, 2.45) is 0 Å². The number of carbonyl (C=O) groups is 1. The van der Waals surface area contributed by atoms with Gasteiger partial charge in [0.2, 0.25) is 0 Å². The van der Waals surface area contributed by atoms with Crippen LogP contribution in [0.25, 0.3) is 0 Å². The Kier molecular flexibility index (Phi) is 6.85. The van der Waals surface area contributed by atoms with E-state index in [1.807, 2.05) is 0 Å². The summed E-state index contributed by atoms with van der Waals surface area (Å²) in [6.07, 6.45) is 3.13. The van der Waals surface area contributed by atoms with Crippen LogP contribution in [-0.2, 0) is 0 Å². The molecule has 0 fully saturated rings. The van der Waals surface area contributed by atoms with Crippen LogP contribution in [0, 0.1) is 0 Å². The van der Waals surface area contributed by atoms with Gasteiger partial charge in [0.05, 0.1) is 12.0 Å². The first kappa shape index (κ1) is 16.5. The fourth-order valence-corrected chi connectivity index (χ4v) is 3.28. The number of methoxy groups -OCH3 is 1. The van der Waals surface area contributed by atoms with Crippen molar-refractivity contribution in [2.45, 2.75) is 6.42 Å². The molecule has 1 aliphatic rings. The number of rotatable bonds is 4. The van der Waals surface area contributed by atoms with Gasteiger partial charge < -0.3 is 15.4 Å². The molecule has 19 heavy (non-hydrogen) atoms. The molecule has 2 N–H and O–H groups in total. The second-order valence-electron chi connectivity index (χ2n) is 3.95. The van der Waals surface area contributed by atoms with Gasteiger partial charge >= 0.3 is 0 Å². The highest BCUT2D eigenvalue weighted by Crippen LogP contribution is 2.34. The van der Waals surface area contributed by atoms with Crippen molar-refractivity contribution in [3.8, 4) is 5.75 Å². The lowest BCUT2D eigenvalue weighted by Gasteiger charge is -2.14. The predicted molar refractivity (Wildman–Crippen MR) is 83.7 cm³/mol. The fraction of sp³-hybridized carbons (Fsp3) is 0.417. The third-order valence-corrected chi connectivity index (χ3v) is 4.51. The minimum absolute atomic E-state index is 0. The van der Waals surface area contributed by atoms with Crippen LogP contribution in [-0.4, -0.2) is 32.7 Å². The lowest BCUT2D eigenvalue weighted by Crippen LogP contribution is -2.29. The van der Waals surface area contributed by atoms with E-state index in [0.29, 0.717) is 17.2 Å². The van der Waals surface area contributed by atoms with Crippen LogP contribution < -0.4 is 15.4 Å². The van der Waals surface area contributed by atoms with Crippen molar-refractivity contribution in [3.63, 3.8) is 0 Å². The summed E-state index contributed by atoms with van der Waals surface area (Å²) in [5, 5.41) is 6.18. The van der Waals surface area contributed by atoms with E-state index in [1.54, 1.807) is 13.2 Å². The Bertz CT molecular complexity index is 476. The third-order valence-electron chi connectivity index (χ3n) is 2.73. The number of amides is 1. The van der Waals surface area contributed by atoms with E-state index in [4.69, 9.17) is 4.74 Å². The smallest absolute Gasteiger partial charge is 0.261 e. The van der Waals surface area contributed by atoms with Gasteiger partial charge in [0.25, 0.3) is 5.91 Å². The zero-order chi connectivity index (χ0) is 13.0. The quantitative estimate of drug-likeness (QED) is 0.804. The Morgan fingerprint density at radius 1 is 1.63 bits per heavy atom. The predicted octanol–water partition coefficient (Wildman–Crippen LogP) is 2.59. The molecule has 4 nitrogen and oxygen atoms in total. The van der Waals surface area contributed by atoms with Gasteiger partial charge in [0.15, 0.2) is 0 Å². The first-order valence-corrected chi connectivity index (χ1v) is 7.32. The summed E-state index contributed by atoms with van der Waals surface area (Å²) in [6, 6.07) is 1.75. The van der Waals surface area contributed by atoms with Crippen molar-refractivity contribution >= 4 is 45.6 Å². The maximum absolute atomic E-state index is 11.9. The molecular weight excluding hydrogens is 352 g/mol. The molecule has 1 amide bonds. The van der Waals surface area contributed by atoms with Gasteiger partial charge in [0, 0.05) is 19.2 Å². The standard InChI is InChI=1S/C12H15BrN2O2S.ClH/c1-17-9-6-10(18-11(9)13)12(16)15-7-8-2-4-14-5-3-8;/h2,6,14H,3-5,7H2,1H3,(H,15,16);1H. The van der Waals surface area contributed by atoms with E-state index in [9.17, 15) is 4.79 Å². The number of carbonyl (C=O) groups excluding carboxylic acids is 1. The van der Waals surface area contributed by atoms with Gasteiger partial charge in [-0.3, -0.25) is 4.79 Å². The van der Waals surface area contributed by atoms with E-state index in [2.05, 4.69) is 32.6 Å². The monoisotopic (exact) mass is 366 g/mol. The molecule has 1 aliphatic heterocycles. The average Bonchev–Trinajstić information content (AvgIpc) is 2.78. The third kappa shape index (κ3) is 4.49. The summed E-state index contributed by atoms with van der Waals surface area (Å²) in [5.74, 6) is 0.648. The number of nitrogens with one attached hydrogen (secondary N) is 2. The topological polar surface area (TPSA) is 50.4 Å². The summed E-state index contributed by atoms with van der Waals surface area (Å²) in [5.41, 5.74) is 1.28. The number of ether oxygens (including phenoxy) is 1. The Labute approximate surface area is 131 Å². The molecule has 0 spiro atoms. The number of halogens is 2. The van der Waals surface area contributed by atoms with Crippen molar-refractivity contribution in [1.29, 1.82) is 0 Å². The van der Waals surface area contributed by atoms with Gasteiger partial charge in [-0.2, -0.15) is 0 Å². The van der Waals surface area contributed by atoms with Crippen LogP contribution in [0.1, 0.15) is 16.1 Å². The highest BCUT2D eigenvalue weighted by molar-refractivity contribution is 9.11. The number of hydrogen-bond acceptors (Lipinski definition) is 4. The molecule has 0 saturated heterocycles. The second kappa shape index (κ2) is 7.89. The van der Waals surface area contributed by atoms with Crippen LogP contribution in [0.3, 0.4) is 0 Å². The second-order valence-corrected chi connectivity index (χ2v) is 6.32. The van der Waals surface area contributed by atoms with E-state index >= 15 is 0 Å². The van der Waals surface area contributed by atoms with Crippen LogP contribution in [0.5, 0.6) is 5.75 Å². The highest BCUT2D eigenvalue weighted by atomic mass is 79.9. The Morgan fingerprint density at radius 2 is 2.42 bits per heavy atom. The van der Waals surface area contributed by atoms with Gasteiger partial charge in [0.1, 0.15) is 9.54 Å². The molecule has 0 aliphatic carbocycles. The van der Waals surface area contributed by atoms with Crippen molar-refractivity contribution in [2.75, 3.05) is 26.7 Å². The molecule has 0 aromatic carbocycles. The first-order valence-electron chi connectivity index (χ1n) is 5.71. The average molecular weight is 368 g/mol. The van der Waals surface area contributed by atoms with Crippen molar-refractivity contribution < 1.29 is 9.53 Å². The lowest BCUT2D eigenvalue weighted by atomic mass is 10.1. The van der Waals surface area contributed by atoms with Crippen LogP contribution >= 0.6 is 39.7 Å². The summed E-state index contributed by atoms with van der Waals surface area (Å²) in [4.78, 5) is 12.6. The maximum Gasteiger partial charge on any atom is 0.261 e. The zero-order valence-corrected chi connectivity index (χ0v) is 13.7. The van der Waals surface area contributed by atoms with Gasteiger partial charge in [-0.1, -0.05) is 11.6 Å². The largest absolute Gasteiger partial charge is 0.495 e. The van der Waals surface area contributed by atoms with E-state index < -0.39 is 0 Å². The molecule has 0 bridgehead atoms. The zero-order valence-electron chi connectivity index (χ0n) is 10.5. The molecule has 0 unspecified atom stereocenters. The Morgan fingerprint density at radius 3 is 3.00 bits per heavy atom. The first-order chi connectivity index (χ1) is 8.70. The summed E-state index contributed by atoms with van der Waals surface area (Å²) in [6.45, 7) is 2.50. The Hall–Kier alpha value is -0.560. The molecule has 1 aromatic heterocycles. The molecule has 0 atom stereocenters. The van der Waals surface area contributed by atoms with Crippen LogP contribution in [0.2, 0.25) is 0 Å². The molecule has 2 rings (SSSR count). The Balaban J connectivity index is 0.00000180. The molecule has 0 saturated carbocycles. The highest BCUT2D eigenvalue weighted by Gasteiger charge is 2.14.